The Morgan fingerprint density at radius 1 is 0.905 bits per heavy atom. The first-order chi connectivity index (χ1) is 20.5. The summed E-state index contributed by atoms with van der Waals surface area (Å²) in [5.41, 5.74) is 9.32. The Bertz CT molecular complexity index is 1220. The fourth-order valence-electron chi connectivity index (χ4n) is 8.11. The number of hydrogen-bond acceptors (Lipinski definition) is 3. The summed E-state index contributed by atoms with van der Waals surface area (Å²) >= 11 is 0. The van der Waals surface area contributed by atoms with Crippen molar-refractivity contribution in [2.24, 2.45) is 33.7 Å². The van der Waals surface area contributed by atoms with Crippen molar-refractivity contribution in [2.45, 2.75) is 129 Å². The van der Waals surface area contributed by atoms with Crippen molar-refractivity contribution in [1.82, 2.24) is 0 Å². The third kappa shape index (κ3) is 7.26. The van der Waals surface area contributed by atoms with Crippen LogP contribution in [0.1, 0.15) is 140 Å². The van der Waals surface area contributed by atoms with Gasteiger partial charge in [0.1, 0.15) is 0 Å². The maximum Gasteiger partial charge on any atom is 0.0669 e. The predicted molar refractivity (Wildman–Crippen MR) is 181 cm³/mol. The molecule has 3 aliphatic rings. The van der Waals surface area contributed by atoms with Crippen LogP contribution in [-0.4, -0.2) is 24.1 Å². The number of aliphatic hydroxyl groups excluding tert-OH is 1. The highest BCUT2D eigenvalue weighted by Gasteiger charge is 2.29. The number of hydrogen-bond donors (Lipinski definition) is 1. The summed E-state index contributed by atoms with van der Waals surface area (Å²) in [7, 11) is 0. The molecule has 2 aliphatic heterocycles. The zero-order chi connectivity index (χ0) is 29.5. The van der Waals surface area contributed by atoms with Gasteiger partial charge in [-0.1, -0.05) is 104 Å². The van der Waals surface area contributed by atoms with Crippen LogP contribution in [0.2, 0.25) is 0 Å². The standard InChI is InChI=1S/C39H56N2O/c1-5-29(19-21-42)13-11-10-12-27(3)34-23-36(39-30(6-2)18-20-40-38(39)25-34)32-16-17-33-22-35(26-41-37(33)24-32)28(4)31-14-8-7-9-15-31/h16-17,20,23-31,35,42H,5-15,18-19,21-22H2,1-4H3. The Balaban J connectivity index is 1.36. The molecule has 42 heavy (non-hydrogen) atoms. The number of rotatable bonds is 13. The summed E-state index contributed by atoms with van der Waals surface area (Å²) in [6.07, 6.45) is 21.8. The molecule has 0 aromatic heterocycles. The molecule has 2 heterocycles. The van der Waals surface area contributed by atoms with E-state index in [0.717, 1.165) is 37.5 Å². The van der Waals surface area contributed by atoms with Gasteiger partial charge in [-0.3, -0.25) is 9.98 Å². The van der Waals surface area contributed by atoms with Gasteiger partial charge in [-0.05, 0) is 102 Å². The van der Waals surface area contributed by atoms with E-state index in [9.17, 15) is 5.11 Å². The molecule has 3 heteroatoms. The monoisotopic (exact) mass is 568 g/mol. The van der Waals surface area contributed by atoms with Gasteiger partial charge in [0.25, 0.3) is 0 Å². The molecule has 1 saturated carbocycles. The van der Waals surface area contributed by atoms with E-state index in [1.54, 1.807) is 0 Å². The lowest BCUT2D eigenvalue weighted by molar-refractivity contribution is 0.228. The molecule has 2 aromatic rings. The van der Waals surface area contributed by atoms with Crippen molar-refractivity contribution in [3.8, 4) is 11.1 Å². The Morgan fingerprint density at radius 3 is 2.48 bits per heavy atom. The Labute approximate surface area is 256 Å². The quantitative estimate of drug-likeness (QED) is 0.240. The number of benzene rings is 2. The van der Waals surface area contributed by atoms with Gasteiger partial charge in [-0.15, -0.1) is 0 Å². The predicted octanol–water partition coefficient (Wildman–Crippen LogP) is 11.1. The third-order valence-corrected chi connectivity index (χ3v) is 11.2. The summed E-state index contributed by atoms with van der Waals surface area (Å²) in [4.78, 5) is 10.1. The number of fused-ring (bicyclic) bond motifs is 2. The van der Waals surface area contributed by atoms with E-state index < -0.39 is 0 Å². The molecule has 0 bridgehead atoms. The molecule has 5 rings (SSSR count). The summed E-state index contributed by atoms with van der Waals surface area (Å²) < 4.78 is 0. The molecule has 228 valence electrons. The molecule has 1 aliphatic carbocycles. The van der Waals surface area contributed by atoms with Gasteiger partial charge in [-0.2, -0.15) is 0 Å². The van der Waals surface area contributed by atoms with Gasteiger partial charge in [0.05, 0.1) is 11.4 Å². The average Bonchev–Trinajstić information content (AvgIpc) is 3.04. The minimum Gasteiger partial charge on any atom is -0.396 e. The smallest absolute Gasteiger partial charge is 0.0669 e. The van der Waals surface area contributed by atoms with Crippen LogP contribution in [0.5, 0.6) is 0 Å². The summed E-state index contributed by atoms with van der Waals surface area (Å²) in [6, 6.07) is 12.0. The van der Waals surface area contributed by atoms with Crippen molar-refractivity contribution in [3.63, 3.8) is 0 Å². The van der Waals surface area contributed by atoms with Gasteiger partial charge in [0, 0.05) is 25.0 Å². The Kier molecular flexibility index (Phi) is 11.1. The first kappa shape index (κ1) is 31.2. The van der Waals surface area contributed by atoms with Crippen molar-refractivity contribution >= 4 is 23.8 Å². The zero-order valence-corrected chi connectivity index (χ0v) is 27.0. The van der Waals surface area contributed by atoms with E-state index in [1.165, 1.54) is 103 Å². The highest BCUT2D eigenvalue weighted by Crippen LogP contribution is 2.46. The second-order valence-corrected chi connectivity index (χ2v) is 13.9. The third-order valence-electron chi connectivity index (χ3n) is 11.2. The molecule has 1 N–H and O–H groups in total. The van der Waals surface area contributed by atoms with Crippen LogP contribution in [-0.2, 0) is 6.42 Å². The van der Waals surface area contributed by atoms with Crippen LogP contribution in [0.4, 0.5) is 11.4 Å². The first-order valence-electron chi connectivity index (χ1n) is 17.5. The van der Waals surface area contributed by atoms with Crippen LogP contribution < -0.4 is 0 Å². The van der Waals surface area contributed by atoms with Crippen molar-refractivity contribution < 1.29 is 5.11 Å². The average molecular weight is 569 g/mol. The van der Waals surface area contributed by atoms with Crippen LogP contribution in [0.15, 0.2) is 40.3 Å². The fourth-order valence-corrected chi connectivity index (χ4v) is 8.11. The molecule has 0 spiro atoms. The molecule has 5 atom stereocenters. The van der Waals surface area contributed by atoms with Crippen LogP contribution in [0, 0.1) is 23.7 Å². The Hall–Kier alpha value is -2.26. The second-order valence-electron chi connectivity index (χ2n) is 13.9. The lowest BCUT2D eigenvalue weighted by atomic mass is 9.73. The fraction of sp³-hybridized carbons (Fsp3) is 0.641. The van der Waals surface area contributed by atoms with Crippen LogP contribution in [0.25, 0.3) is 11.1 Å². The lowest BCUT2D eigenvalue weighted by Crippen LogP contribution is -2.26. The highest BCUT2D eigenvalue weighted by molar-refractivity contribution is 5.83. The number of nitrogens with zero attached hydrogens (tertiary/aromatic N) is 2. The minimum atomic E-state index is 0.320. The van der Waals surface area contributed by atoms with Gasteiger partial charge < -0.3 is 5.11 Å². The minimum absolute atomic E-state index is 0.320. The molecule has 1 fully saturated rings. The lowest BCUT2D eigenvalue weighted by Gasteiger charge is -2.33. The molecular formula is C39H56N2O. The SMILES string of the molecule is CCC(CCO)CCCCC(C)c1cc2c(c(-c3ccc4c(c3)N=CC(C(C)C3CCCCC3)C4)c1)C(CC)CC=N2. The first-order valence-corrected chi connectivity index (χ1v) is 17.5. The summed E-state index contributed by atoms with van der Waals surface area (Å²) in [6.45, 7) is 9.77. The number of aliphatic imine (C=N–C) groups is 2. The van der Waals surface area contributed by atoms with Crippen LogP contribution >= 0.6 is 0 Å². The molecule has 0 amide bonds. The second kappa shape index (κ2) is 15.0. The van der Waals surface area contributed by atoms with E-state index in [4.69, 9.17) is 9.98 Å². The number of aliphatic hydroxyl groups is 1. The van der Waals surface area contributed by atoms with Gasteiger partial charge in [-0.25, -0.2) is 0 Å². The zero-order valence-electron chi connectivity index (χ0n) is 27.0. The van der Waals surface area contributed by atoms with E-state index in [1.807, 2.05) is 0 Å². The maximum atomic E-state index is 9.34. The van der Waals surface area contributed by atoms with Gasteiger partial charge in [0.2, 0.25) is 0 Å². The molecular weight excluding hydrogens is 512 g/mol. The maximum absolute atomic E-state index is 9.34. The van der Waals surface area contributed by atoms with E-state index >= 15 is 0 Å². The van der Waals surface area contributed by atoms with Gasteiger partial charge >= 0.3 is 0 Å². The van der Waals surface area contributed by atoms with Crippen molar-refractivity contribution in [2.75, 3.05) is 6.61 Å². The molecule has 5 unspecified atom stereocenters. The Morgan fingerprint density at radius 2 is 1.71 bits per heavy atom. The number of unbranched alkanes of at least 4 members (excludes halogenated alkanes) is 1. The molecule has 3 nitrogen and oxygen atoms in total. The normalized spacial score (nSPS) is 22.4. The van der Waals surface area contributed by atoms with E-state index in [0.29, 0.717) is 30.3 Å². The topological polar surface area (TPSA) is 45.0 Å². The molecule has 2 aromatic carbocycles. The van der Waals surface area contributed by atoms with Crippen molar-refractivity contribution in [1.29, 1.82) is 0 Å². The highest BCUT2D eigenvalue weighted by atomic mass is 16.3. The summed E-state index contributed by atoms with van der Waals surface area (Å²) in [5, 5.41) is 9.34. The van der Waals surface area contributed by atoms with Crippen molar-refractivity contribution in [3.05, 3.63) is 47.0 Å². The largest absolute Gasteiger partial charge is 0.396 e. The van der Waals surface area contributed by atoms with Gasteiger partial charge in [0.15, 0.2) is 0 Å². The molecule has 0 radical (unpaired) electrons. The molecule has 0 saturated heterocycles. The summed E-state index contributed by atoms with van der Waals surface area (Å²) in [5.74, 6) is 3.85. The van der Waals surface area contributed by atoms with E-state index in [-0.39, 0.29) is 0 Å². The van der Waals surface area contributed by atoms with E-state index in [2.05, 4.69) is 70.5 Å². The van der Waals surface area contributed by atoms with Crippen LogP contribution in [0.3, 0.4) is 0 Å².